The van der Waals surface area contributed by atoms with Crippen LogP contribution in [0, 0.1) is 0 Å². The standard InChI is InChI=1S/C16H24N2O/c1-12(2)18-7-3-4-16(11-18)19-15-6-5-13-9-17-10-14(13)8-15/h5-6,8,12,16-17H,3-4,7,9-11H2,1-2H3. The molecule has 3 rings (SSSR count). The van der Waals surface area contributed by atoms with E-state index in [9.17, 15) is 0 Å². The number of benzene rings is 1. The molecule has 1 unspecified atom stereocenters. The molecule has 0 saturated carbocycles. The van der Waals surface area contributed by atoms with E-state index in [0.717, 1.165) is 25.4 Å². The summed E-state index contributed by atoms with van der Waals surface area (Å²) in [7, 11) is 0. The van der Waals surface area contributed by atoms with Crippen LogP contribution >= 0.6 is 0 Å². The molecule has 1 fully saturated rings. The second-order valence-electron chi connectivity index (χ2n) is 6.00. The van der Waals surface area contributed by atoms with Gasteiger partial charge in [0.15, 0.2) is 0 Å². The van der Waals surface area contributed by atoms with Gasteiger partial charge in [0.2, 0.25) is 0 Å². The lowest BCUT2D eigenvalue weighted by Gasteiger charge is -2.35. The molecular weight excluding hydrogens is 236 g/mol. The quantitative estimate of drug-likeness (QED) is 0.904. The second kappa shape index (κ2) is 5.51. The molecule has 1 aromatic rings. The predicted molar refractivity (Wildman–Crippen MR) is 77.3 cm³/mol. The third-order valence-electron chi connectivity index (χ3n) is 4.25. The van der Waals surface area contributed by atoms with E-state index in [1.807, 2.05) is 0 Å². The van der Waals surface area contributed by atoms with Crippen LogP contribution in [-0.2, 0) is 13.1 Å². The van der Waals surface area contributed by atoms with Crippen molar-refractivity contribution < 1.29 is 4.74 Å². The Hall–Kier alpha value is -1.06. The molecule has 1 N–H and O–H groups in total. The maximum Gasteiger partial charge on any atom is 0.120 e. The van der Waals surface area contributed by atoms with Gasteiger partial charge in [-0.1, -0.05) is 6.07 Å². The van der Waals surface area contributed by atoms with Gasteiger partial charge >= 0.3 is 0 Å². The first-order valence-electron chi connectivity index (χ1n) is 7.45. The van der Waals surface area contributed by atoms with Crippen molar-refractivity contribution in [2.45, 2.75) is 51.9 Å². The highest BCUT2D eigenvalue weighted by Gasteiger charge is 2.23. The van der Waals surface area contributed by atoms with Crippen LogP contribution in [0.25, 0.3) is 0 Å². The Morgan fingerprint density at radius 2 is 2.11 bits per heavy atom. The van der Waals surface area contributed by atoms with Crippen molar-refractivity contribution >= 4 is 0 Å². The van der Waals surface area contributed by atoms with Gasteiger partial charge in [-0.2, -0.15) is 0 Å². The minimum absolute atomic E-state index is 0.351. The van der Waals surface area contributed by atoms with Crippen molar-refractivity contribution in [3.05, 3.63) is 29.3 Å². The molecule has 3 heteroatoms. The molecule has 0 spiro atoms. The van der Waals surface area contributed by atoms with Gasteiger partial charge < -0.3 is 10.1 Å². The topological polar surface area (TPSA) is 24.5 Å². The van der Waals surface area contributed by atoms with Gasteiger partial charge in [0.1, 0.15) is 11.9 Å². The number of likely N-dealkylation sites (tertiary alicyclic amines) is 1. The van der Waals surface area contributed by atoms with Crippen LogP contribution in [0.3, 0.4) is 0 Å². The molecule has 0 amide bonds. The monoisotopic (exact) mass is 260 g/mol. The van der Waals surface area contributed by atoms with Crippen LogP contribution in [0.4, 0.5) is 0 Å². The van der Waals surface area contributed by atoms with Gasteiger partial charge in [-0.3, -0.25) is 4.90 Å². The Bertz CT molecular complexity index is 444. The summed E-state index contributed by atoms with van der Waals surface area (Å²) in [5.74, 6) is 1.04. The molecule has 1 saturated heterocycles. The van der Waals surface area contributed by atoms with E-state index < -0.39 is 0 Å². The molecule has 19 heavy (non-hydrogen) atoms. The number of hydrogen-bond donors (Lipinski definition) is 1. The number of nitrogens with one attached hydrogen (secondary N) is 1. The average molecular weight is 260 g/mol. The lowest BCUT2D eigenvalue weighted by atomic mass is 10.1. The van der Waals surface area contributed by atoms with E-state index in [-0.39, 0.29) is 0 Å². The number of ether oxygens (including phenoxy) is 1. The summed E-state index contributed by atoms with van der Waals surface area (Å²) in [5.41, 5.74) is 2.81. The first kappa shape index (κ1) is 12.9. The van der Waals surface area contributed by atoms with E-state index in [0.29, 0.717) is 12.1 Å². The minimum atomic E-state index is 0.351. The number of nitrogens with zero attached hydrogens (tertiary/aromatic N) is 1. The fourth-order valence-electron chi connectivity index (χ4n) is 3.07. The summed E-state index contributed by atoms with van der Waals surface area (Å²) in [4.78, 5) is 2.52. The second-order valence-corrected chi connectivity index (χ2v) is 6.00. The summed E-state index contributed by atoms with van der Waals surface area (Å²) < 4.78 is 6.19. The molecule has 0 aliphatic carbocycles. The van der Waals surface area contributed by atoms with Gasteiger partial charge in [0, 0.05) is 25.7 Å². The van der Waals surface area contributed by atoms with Gasteiger partial charge in [0.05, 0.1) is 0 Å². The van der Waals surface area contributed by atoms with Crippen molar-refractivity contribution in [1.29, 1.82) is 0 Å². The Balaban J connectivity index is 1.64. The van der Waals surface area contributed by atoms with Crippen LogP contribution in [-0.4, -0.2) is 30.1 Å². The highest BCUT2D eigenvalue weighted by Crippen LogP contribution is 2.24. The Morgan fingerprint density at radius 1 is 1.26 bits per heavy atom. The maximum atomic E-state index is 6.19. The molecule has 0 bridgehead atoms. The van der Waals surface area contributed by atoms with Gasteiger partial charge in [0.25, 0.3) is 0 Å². The first-order valence-corrected chi connectivity index (χ1v) is 7.45. The van der Waals surface area contributed by atoms with E-state index in [1.165, 1.54) is 30.5 Å². The lowest BCUT2D eigenvalue weighted by Crippen LogP contribution is -2.44. The van der Waals surface area contributed by atoms with Gasteiger partial charge in [-0.15, -0.1) is 0 Å². The number of rotatable bonds is 3. The van der Waals surface area contributed by atoms with E-state index >= 15 is 0 Å². The molecule has 0 aromatic heterocycles. The Kier molecular flexibility index (Phi) is 3.76. The van der Waals surface area contributed by atoms with Gasteiger partial charge in [-0.05, 0) is 56.5 Å². The highest BCUT2D eigenvalue weighted by molar-refractivity contribution is 5.37. The van der Waals surface area contributed by atoms with Crippen LogP contribution < -0.4 is 10.1 Å². The van der Waals surface area contributed by atoms with Crippen LogP contribution in [0.1, 0.15) is 37.8 Å². The largest absolute Gasteiger partial charge is 0.489 e. The third kappa shape index (κ3) is 2.93. The zero-order valence-electron chi connectivity index (χ0n) is 12.0. The Morgan fingerprint density at radius 3 is 2.95 bits per heavy atom. The number of piperidine rings is 1. The molecule has 2 aliphatic heterocycles. The molecule has 1 aromatic carbocycles. The number of hydrogen-bond acceptors (Lipinski definition) is 3. The van der Waals surface area contributed by atoms with Crippen LogP contribution in [0.2, 0.25) is 0 Å². The van der Waals surface area contributed by atoms with Crippen molar-refractivity contribution in [3.63, 3.8) is 0 Å². The van der Waals surface area contributed by atoms with Crippen LogP contribution in [0.5, 0.6) is 5.75 Å². The summed E-state index contributed by atoms with van der Waals surface area (Å²) >= 11 is 0. The molecule has 1 atom stereocenters. The first-order chi connectivity index (χ1) is 9.22. The van der Waals surface area contributed by atoms with Crippen molar-refractivity contribution in [2.24, 2.45) is 0 Å². The fourth-order valence-corrected chi connectivity index (χ4v) is 3.07. The SMILES string of the molecule is CC(C)N1CCCC(Oc2ccc3c(c2)CNC3)C1. The zero-order chi connectivity index (χ0) is 13.2. The fraction of sp³-hybridized carbons (Fsp3) is 0.625. The smallest absolute Gasteiger partial charge is 0.120 e. The summed E-state index contributed by atoms with van der Waals surface area (Å²) in [6.45, 7) is 8.79. The minimum Gasteiger partial charge on any atom is -0.489 e. The van der Waals surface area contributed by atoms with E-state index in [4.69, 9.17) is 4.74 Å². The molecular formula is C16H24N2O. The zero-order valence-corrected chi connectivity index (χ0v) is 12.0. The maximum absolute atomic E-state index is 6.19. The normalized spacial score (nSPS) is 23.6. The average Bonchev–Trinajstić information content (AvgIpc) is 2.86. The summed E-state index contributed by atoms with van der Waals surface area (Å²) in [5, 5.41) is 3.38. The predicted octanol–water partition coefficient (Wildman–Crippen LogP) is 2.54. The van der Waals surface area contributed by atoms with Crippen molar-refractivity contribution in [1.82, 2.24) is 10.2 Å². The summed E-state index contributed by atoms with van der Waals surface area (Å²) in [6.07, 6.45) is 2.78. The molecule has 2 heterocycles. The molecule has 104 valence electrons. The summed E-state index contributed by atoms with van der Waals surface area (Å²) in [6, 6.07) is 7.16. The van der Waals surface area contributed by atoms with E-state index in [2.05, 4.69) is 42.3 Å². The lowest BCUT2D eigenvalue weighted by molar-refractivity contribution is 0.0706. The molecule has 0 radical (unpaired) electrons. The van der Waals surface area contributed by atoms with E-state index in [1.54, 1.807) is 0 Å². The van der Waals surface area contributed by atoms with Gasteiger partial charge in [-0.25, -0.2) is 0 Å². The molecule has 2 aliphatic rings. The highest BCUT2D eigenvalue weighted by atomic mass is 16.5. The Labute approximate surface area is 115 Å². The third-order valence-corrected chi connectivity index (χ3v) is 4.25. The van der Waals surface area contributed by atoms with Crippen LogP contribution in [0.15, 0.2) is 18.2 Å². The van der Waals surface area contributed by atoms with Crippen molar-refractivity contribution in [3.8, 4) is 5.75 Å². The molecule has 3 nitrogen and oxygen atoms in total. The van der Waals surface area contributed by atoms with Crippen molar-refractivity contribution in [2.75, 3.05) is 13.1 Å². The number of fused-ring (bicyclic) bond motifs is 1.